The molecular weight excluding hydrogens is 330 g/mol. The van der Waals surface area contributed by atoms with Crippen LogP contribution < -0.4 is 10.6 Å². The number of pyridine rings is 1. The van der Waals surface area contributed by atoms with E-state index in [2.05, 4.69) is 38.5 Å². The average molecular weight is 348 g/mol. The van der Waals surface area contributed by atoms with Crippen molar-refractivity contribution < 1.29 is 4.79 Å². The van der Waals surface area contributed by atoms with E-state index in [1.165, 1.54) is 0 Å². The van der Waals surface area contributed by atoms with E-state index < -0.39 is 0 Å². The van der Waals surface area contributed by atoms with Crippen molar-refractivity contribution in [2.75, 3.05) is 17.2 Å². The number of hydrogen-bond acceptors (Lipinski definition) is 3. The standard InChI is InChI=1S/C16H18BrN3O/c1-3-7-19-15-10-18-8-6-13(15)16(21)20-12-5-4-11(2)14(17)9-12/h4-6,8-10,19H,3,7H2,1-2H3,(H,20,21). The molecule has 0 spiro atoms. The van der Waals surface area contributed by atoms with E-state index in [1.807, 2.05) is 25.1 Å². The van der Waals surface area contributed by atoms with Crippen LogP contribution in [0.5, 0.6) is 0 Å². The van der Waals surface area contributed by atoms with Crippen molar-refractivity contribution >= 4 is 33.2 Å². The van der Waals surface area contributed by atoms with Gasteiger partial charge < -0.3 is 10.6 Å². The summed E-state index contributed by atoms with van der Waals surface area (Å²) in [5.74, 6) is -0.147. The zero-order chi connectivity index (χ0) is 15.2. The Morgan fingerprint density at radius 3 is 2.86 bits per heavy atom. The quantitative estimate of drug-likeness (QED) is 0.850. The second-order valence-electron chi connectivity index (χ2n) is 4.77. The van der Waals surface area contributed by atoms with Gasteiger partial charge in [-0.3, -0.25) is 9.78 Å². The predicted molar refractivity (Wildman–Crippen MR) is 89.8 cm³/mol. The smallest absolute Gasteiger partial charge is 0.257 e. The van der Waals surface area contributed by atoms with E-state index in [0.717, 1.165) is 34.4 Å². The minimum Gasteiger partial charge on any atom is -0.383 e. The first-order valence-electron chi connectivity index (χ1n) is 6.87. The molecule has 1 aromatic heterocycles. The van der Waals surface area contributed by atoms with Gasteiger partial charge >= 0.3 is 0 Å². The zero-order valence-electron chi connectivity index (χ0n) is 12.1. The van der Waals surface area contributed by atoms with Gasteiger partial charge in [0, 0.05) is 22.9 Å². The Balaban J connectivity index is 2.18. The first-order chi connectivity index (χ1) is 10.1. The molecule has 1 amide bonds. The van der Waals surface area contributed by atoms with Crippen LogP contribution in [0.25, 0.3) is 0 Å². The van der Waals surface area contributed by atoms with Crippen molar-refractivity contribution in [3.05, 3.63) is 52.3 Å². The molecule has 1 heterocycles. The van der Waals surface area contributed by atoms with Crippen molar-refractivity contribution in [3.63, 3.8) is 0 Å². The molecule has 2 N–H and O–H groups in total. The highest BCUT2D eigenvalue weighted by Gasteiger charge is 2.11. The highest BCUT2D eigenvalue weighted by atomic mass is 79.9. The fourth-order valence-electron chi connectivity index (χ4n) is 1.86. The van der Waals surface area contributed by atoms with Crippen LogP contribution in [0.15, 0.2) is 41.1 Å². The molecule has 0 aliphatic heterocycles. The first-order valence-corrected chi connectivity index (χ1v) is 7.66. The van der Waals surface area contributed by atoms with Crippen LogP contribution in [0, 0.1) is 6.92 Å². The molecule has 0 atom stereocenters. The van der Waals surface area contributed by atoms with Crippen molar-refractivity contribution in [3.8, 4) is 0 Å². The Bertz CT molecular complexity index is 643. The highest BCUT2D eigenvalue weighted by Crippen LogP contribution is 2.22. The van der Waals surface area contributed by atoms with E-state index >= 15 is 0 Å². The average Bonchev–Trinajstić information content (AvgIpc) is 2.49. The number of hydrogen-bond donors (Lipinski definition) is 2. The van der Waals surface area contributed by atoms with Crippen LogP contribution in [0.3, 0.4) is 0 Å². The van der Waals surface area contributed by atoms with Gasteiger partial charge in [-0.05, 0) is 37.1 Å². The summed E-state index contributed by atoms with van der Waals surface area (Å²) in [6.45, 7) is 4.89. The molecule has 0 unspecified atom stereocenters. The van der Waals surface area contributed by atoms with Crippen LogP contribution >= 0.6 is 15.9 Å². The highest BCUT2D eigenvalue weighted by molar-refractivity contribution is 9.10. The molecule has 21 heavy (non-hydrogen) atoms. The third-order valence-electron chi connectivity index (χ3n) is 3.06. The molecule has 0 aliphatic carbocycles. The number of carbonyl (C=O) groups excluding carboxylic acids is 1. The molecule has 0 saturated carbocycles. The van der Waals surface area contributed by atoms with Crippen LogP contribution in [-0.2, 0) is 0 Å². The van der Waals surface area contributed by atoms with E-state index in [0.29, 0.717) is 5.56 Å². The maximum Gasteiger partial charge on any atom is 0.257 e. The third-order valence-corrected chi connectivity index (χ3v) is 3.92. The van der Waals surface area contributed by atoms with Crippen molar-refractivity contribution in [1.82, 2.24) is 4.98 Å². The van der Waals surface area contributed by atoms with Gasteiger partial charge in [0.2, 0.25) is 0 Å². The first kappa shape index (κ1) is 15.5. The fraction of sp³-hybridized carbons (Fsp3) is 0.250. The SMILES string of the molecule is CCCNc1cnccc1C(=O)Nc1ccc(C)c(Br)c1. The molecule has 0 fully saturated rings. The molecule has 2 aromatic rings. The topological polar surface area (TPSA) is 54.0 Å². The van der Waals surface area contributed by atoms with Gasteiger partial charge in [-0.25, -0.2) is 0 Å². The summed E-state index contributed by atoms with van der Waals surface area (Å²) in [5, 5.41) is 6.12. The van der Waals surface area contributed by atoms with E-state index in [4.69, 9.17) is 0 Å². The van der Waals surface area contributed by atoms with Gasteiger partial charge in [-0.2, -0.15) is 0 Å². The molecule has 0 radical (unpaired) electrons. The molecule has 2 rings (SSSR count). The van der Waals surface area contributed by atoms with Crippen LogP contribution in [0.4, 0.5) is 11.4 Å². The lowest BCUT2D eigenvalue weighted by Crippen LogP contribution is -2.15. The Kier molecular flexibility index (Phi) is 5.33. The Hall–Kier alpha value is -1.88. The maximum atomic E-state index is 12.4. The Morgan fingerprint density at radius 2 is 2.14 bits per heavy atom. The number of nitrogens with one attached hydrogen (secondary N) is 2. The summed E-state index contributed by atoms with van der Waals surface area (Å²) >= 11 is 3.47. The number of aromatic nitrogens is 1. The lowest BCUT2D eigenvalue weighted by Gasteiger charge is -2.11. The summed E-state index contributed by atoms with van der Waals surface area (Å²) < 4.78 is 0.972. The predicted octanol–water partition coefficient (Wildman–Crippen LogP) is 4.23. The molecule has 1 aromatic carbocycles. The largest absolute Gasteiger partial charge is 0.383 e. The molecule has 4 nitrogen and oxygen atoms in total. The summed E-state index contributed by atoms with van der Waals surface area (Å²) in [7, 11) is 0. The summed E-state index contributed by atoms with van der Waals surface area (Å²) in [4.78, 5) is 16.5. The zero-order valence-corrected chi connectivity index (χ0v) is 13.7. The van der Waals surface area contributed by atoms with Gasteiger partial charge in [-0.1, -0.05) is 28.9 Å². The lowest BCUT2D eigenvalue weighted by atomic mass is 10.2. The van der Waals surface area contributed by atoms with Gasteiger partial charge in [0.1, 0.15) is 0 Å². The number of carbonyl (C=O) groups is 1. The number of nitrogens with zero attached hydrogens (tertiary/aromatic N) is 1. The molecule has 0 aliphatic rings. The van der Waals surface area contributed by atoms with Crippen molar-refractivity contribution in [1.29, 1.82) is 0 Å². The molecule has 0 bridgehead atoms. The van der Waals surface area contributed by atoms with Crippen LogP contribution in [-0.4, -0.2) is 17.4 Å². The number of anilines is 2. The fourth-order valence-corrected chi connectivity index (χ4v) is 2.24. The maximum absolute atomic E-state index is 12.4. The van der Waals surface area contributed by atoms with Crippen LogP contribution in [0.1, 0.15) is 29.3 Å². The second-order valence-corrected chi connectivity index (χ2v) is 5.62. The lowest BCUT2D eigenvalue weighted by molar-refractivity contribution is 0.102. The summed E-state index contributed by atoms with van der Waals surface area (Å²) in [5.41, 5.74) is 3.23. The second kappa shape index (κ2) is 7.22. The van der Waals surface area contributed by atoms with E-state index in [9.17, 15) is 4.79 Å². The number of aryl methyl sites for hydroxylation is 1. The molecule has 0 saturated heterocycles. The number of halogens is 1. The van der Waals surface area contributed by atoms with Crippen molar-refractivity contribution in [2.24, 2.45) is 0 Å². The van der Waals surface area contributed by atoms with Crippen LogP contribution in [0.2, 0.25) is 0 Å². The normalized spacial score (nSPS) is 10.2. The minimum absolute atomic E-state index is 0.147. The van der Waals surface area contributed by atoms with Crippen molar-refractivity contribution in [2.45, 2.75) is 20.3 Å². The monoisotopic (exact) mass is 347 g/mol. The third kappa shape index (κ3) is 4.04. The van der Waals surface area contributed by atoms with E-state index in [1.54, 1.807) is 18.5 Å². The molecular formula is C16H18BrN3O. The summed E-state index contributed by atoms with van der Waals surface area (Å²) in [6.07, 6.45) is 4.29. The van der Waals surface area contributed by atoms with Gasteiger partial charge in [-0.15, -0.1) is 0 Å². The summed E-state index contributed by atoms with van der Waals surface area (Å²) in [6, 6.07) is 7.46. The minimum atomic E-state index is -0.147. The Morgan fingerprint density at radius 1 is 1.33 bits per heavy atom. The van der Waals surface area contributed by atoms with Gasteiger partial charge in [0.25, 0.3) is 5.91 Å². The number of rotatable bonds is 5. The van der Waals surface area contributed by atoms with E-state index in [-0.39, 0.29) is 5.91 Å². The number of benzene rings is 1. The molecule has 110 valence electrons. The van der Waals surface area contributed by atoms with Gasteiger partial charge in [0.15, 0.2) is 0 Å². The van der Waals surface area contributed by atoms with Gasteiger partial charge in [0.05, 0.1) is 17.4 Å². The number of amides is 1. The molecule has 5 heteroatoms. The Labute approximate surface area is 133 Å².